The van der Waals surface area contributed by atoms with Gasteiger partial charge in [0.1, 0.15) is 17.4 Å². The van der Waals surface area contributed by atoms with Crippen LogP contribution in [0.3, 0.4) is 0 Å². The first-order chi connectivity index (χ1) is 16.9. The Bertz CT molecular complexity index is 1670. The van der Waals surface area contributed by atoms with E-state index in [0.29, 0.717) is 33.1 Å². The van der Waals surface area contributed by atoms with Gasteiger partial charge in [-0.05, 0) is 61.4 Å². The number of benzene rings is 3. The van der Waals surface area contributed by atoms with E-state index in [-0.39, 0.29) is 22.6 Å². The number of hydrogen-bond donors (Lipinski definition) is 2. The maximum atomic E-state index is 13.5. The third-order valence-corrected chi connectivity index (χ3v) is 6.52. The van der Waals surface area contributed by atoms with Gasteiger partial charge in [-0.1, -0.05) is 42.1 Å². The molecule has 0 fully saturated rings. The topological polar surface area (TPSA) is 108 Å². The molecular weight excluding hydrogens is 458 g/mol. The maximum Gasteiger partial charge on any atom is 0.266 e. The molecule has 2 heterocycles. The highest BCUT2D eigenvalue weighted by atomic mass is 32.2. The molecule has 3 aromatic carbocycles. The molecule has 35 heavy (non-hydrogen) atoms. The van der Waals surface area contributed by atoms with E-state index in [4.69, 9.17) is 4.98 Å². The molecule has 0 radical (unpaired) electrons. The number of H-pyrrole nitrogens is 1. The quantitative estimate of drug-likeness (QED) is 0.150. The van der Waals surface area contributed by atoms with Gasteiger partial charge >= 0.3 is 0 Å². The molecule has 0 saturated carbocycles. The standard InChI is InChI=1S/C27H21N5O2S/c1-16-11-17(2)13-18(12-16)32-26(34)19-7-3-4-8-21(19)31-27(32)35-15-24(33)20(14-28)25-29-22-9-5-6-10-23(22)30-25/h3-13,33H,15H2,1-2H3,(H,29,30)/b24-20-. The molecule has 0 aliphatic heterocycles. The third kappa shape index (κ3) is 4.29. The van der Waals surface area contributed by atoms with Crippen molar-refractivity contribution in [1.29, 1.82) is 5.26 Å². The van der Waals surface area contributed by atoms with E-state index in [1.54, 1.807) is 16.7 Å². The summed E-state index contributed by atoms with van der Waals surface area (Å²) in [6.07, 6.45) is 0. The van der Waals surface area contributed by atoms with Gasteiger partial charge in [0, 0.05) is 0 Å². The lowest BCUT2D eigenvalue weighted by Gasteiger charge is -2.14. The van der Waals surface area contributed by atoms with E-state index in [1.165, 1.54) is 11.8 Å². The van der Waals surface area contributed by atoms with Crippen LogP contribution in [-0.4, -0.2) is 30.4 Å². The summed E-state index contributed by atoms with van der Waals surface area (Å²) >= 11 is 1.19. The van der Waals surface area contributed by atoms with Gasteiger partial charge in [0.2, 0.25) is 0 Å². The molecular formula is C27H21N5O2S. The SMILES string of the molecule is Cc1cc(C)cc(-n2c(SC/C(O)=C(\C#N)c3nc4ccccc4[nH]3)nc3ccccc3c2=O)c1. The average Bonchev–Trinajstić information content (AvgIpc) is 3.26. The Balaban J connectivity index is 1.59. The zero-order valence-electron chi connectivity index (χ0n) is 19.1. The predicted octanol–water partition coefficient (Wildman–Crippen LogP) is 5.46. The van der Waals surface area contributed by atoms with Crippen LogP contribution in [0.4, 0.5) is 0 Å². The van der Waals surface area contributed by atoms with Gasteiger partial charge < -0.3 is 10.1 Å². The summed E-state index contributed by atoms with van der Waals surface area (Å²) in [6.45, 7) is 3.95. The van der Waals surface area contributed by atoms with Crippen LogP contribution in [0.15, 0.2) is 82.4 Å². The fraction of sp³-hybridized carbons (Fsp3) is 0.111. The molecule has 0 saturated heterocycles. The number of aliphatic hydroxyl groups excluding tert-OH is 1. The second-order valence-corrected chi connectivity index (χ2v) is 9.17. The van der Waals surface area contributed by atoms with E-state index >= 15 is 0 Å². The number of fused-ring (bicyclic) bond motifs is 2. The zero-order chi connectivity index (χ0) is 24.5. The Morgan fingerprint density at radius 2 is 1.71 bits per heavy atom. The number of para-hydroxylation sites is 3. The lowest BCUT2D eigenvalue weighted by Crippen LogP contribution is -2.22. The highest BCUT2D eigenvalue weighted by Crippen LogP contribution is 2.26. The average molecular weight is 480 g/mol. The van der Waals surface area contributed by atoms with E-state index < -0.39 is 0 Å². The Hall–Kier alpha value is -4.35. The summed E-state index contributed by atoms with van der Waals surface area (Å²) in [5, 5.41) is 21.5. The molecule has 0 aliphatic rings. The Morgan fingerprint density at radius 3 is 2.43 bits per heavy atom. The Kier molecular flexibility index (Phi) is 5.85. The maximum absolute atomic E-state index is 13.5. The molecule has 0 amide bonds. The monoisotopic (exact) mass is 479 g/mol. The highest BCUT2D eigenvalue weighted by molar-refractivity contribution is 7.99. The van der Waals surface area contributed by atoms with E-state index in [9.17, 15) is 15.2 Å². The minimum Gasteiger partial charge on any atom is -0.510 e. The van der Waals surface area contributed by atoms with E-state index in [2.05, 4.69) is 16.0 Å². The minimum atomic E-state index is -0.190. The van der Waals surface area contributed by atoms with Crippen molar-refractivity contribution in [2.45, 2.75) is 19.0 Å². The number of aliphatic hydroxyl groups is 1. The minimum absolute atomic E-state index is 0.0372. The molecule has 172 valence electrons. The van der Waals surface area contributed by atoms with Crippen LogP contribution in [0.1, 0.15) is 17.0 Å². The first-order valence-corrected chi connectivity index (χ1v) is 11.9. The molecule has 5 rings (SSSR count). The van der Waals surface area contributed by atoms with Gasteiger partial charge in [-0.25, -0.2) is 9.97 Å². The molecule has 0 bridgehead atoms. The molecule has 0 unspecified atom stereocenters. The third-order valence-electron chi connectivity index (χ3n) is 5.57. The second-order valence-electron chi connectivity index (χ2n) is 8.22. The van der Waals surface area contributed by atoms with Crippen molar-refractivity contribution >= 4 is 39.3 Å². The fourth-order valence-corrected chi connectivity index (χ4v) is 4.94. The van der Waals surface area contributed by atoms with Crippen molar-refractivity contribution in [1.82, 2.24) is 19.5 Å². The Morgan fingerprint density at radius 1 is 1.03 bits per heavy atom. The van der Waals surface area contributed by atoms with Crippen LogP contribution in [-0.2, 0) is 0 Å². The van der Waals surface area contributed by atoms with Crippen molar-refractivity contribution in [2.75, 3.05) is 5.75 Å². The van der Waals surface area contributed by atoms with Gasteiger partial charge in [-0.15, -0.1) is 0 Å². The number of aromatic nitrogens is 4. The van der Waals surface area contributed by atoms with Crippen molar-refractivity contribution < 1.29 is 5.11 Å². The van der Waals surface area contributed by atoms with Crippen LogP contribution in [0.25, 0.3) is 33.2 Å². The van der Waals surface area contributed by atoms with Crippen LogP contribution in [0, 0.1) is 25.2 Å². The van der Waals surface area contributed by atoms with Crippen LogP contribution < -0.4 is 5.56 Å². The lowest BCUT2D eigenvalue weighted by molar-refractivity contribution is 0.420. The first-order valence-electron chi connectivity index (χ1n) is 10.9. The zero-order valence-corrected chi connectivity index (χ0v) is 19.9. The van der Waals surface area contributed by atoms with E-state index in [0.717, 1.165) is 16.6 Å². The number of nitrogens with one attached hydrogen (secondary N) is 1. The normalized spacial score (nSPS) is 12.0. The molecule has 2 aromatic heterocycles. The second kappa shape index (κ2) is 9.12. The number of aromatic amines is 1. The van der Waals surface area contributed by atoms with Crippen molar-refractivity contribution in [3.63, 3.8) is 0 Å². The van der Waals surface area contributed by atoms with Crippen molar-refractivity contribution in [3.05, 3.63) is 99.8 Å². The number of rotatable bonds is 5. The Labute approximate surface area is 205 Å². The fourth-order valence-electron chi connectivity index (χ4n) is 4.05. The number of allylic oxidation sites excluding steroid dienone is 1. The highest BCUT2D eigenvalue weighted by Gasteiger charge is 2.17. The molecule has 8 heteroatoms. The smallest absolute Gasteiger partial charge is 0.266 e. The van der Waals surface area contributed by atoms with Gasteiger partial charge in [0.15, 0.2) is 11.0 Å². The summed E-state index contributed by atoms with van der Waals surface area (Å²) in [5.74, 6) is 0.186. The number of nitriles is 1. The predicted molar refractivity (Wildman–Crippen MR) is 139 cm³/mol. The van der Waals surface area contributed by atoms with Gasteiger partial charge in [-0.2, -0.15) is 5.26 Å². The number of imidazole rings is 1. The first kappa shape index (κ1) is 22.4. The molecule has 5 aromatic rings. The summed E-state index contributed by atoms with van der Waals surface area (Å²) in [5.41, 5.74) is 4.66. The number of nitrogens with zero attached hydrogens (tertiary/aromatic N) is 4. The number of aryl methyl sites for hydroxylation is 2. The van der Waals surface area contributed by atoms with Gasteiger partial charge in [0.25, 0.3) is 5.56 Å². The number of hydrogen-bond acceptors (Lipinski definition) is 6. The van der Waals surface area contributed by atoms with Crippen molar-refractivity contribution in [2.24, 2.45) is 0 Å². The summed E-state index contributed by atoms with van der Waals surface area (Å²) in [4.78, 5) is 25.7. The van der Waals surface area contributed by atoms with E-state index in [1.807, 2.05) is 68.4 Å². The van der Waals surface area contributed by atoms with Gasteiger partial charge in [0.05, 0.1) is 33.4 Å². The van der Waals surface area contributed by atoms with Crippen LogP contribution in [0.2, 0.25) is 0 Å². The summed E-state index contributed by atoms with van der Waals surface area (Å²) in [6, 6.07) is 22.5. The largest absolute Gasteiger partial charge is 0.510 e. The molecule has 7 nitrogen and oxygen atoms in total. The summed E-state index contributed by atoms with van der Waals surface area (Å²) < 4.78 is 1.56. The van der Waals surface area contributed by atoms with Crippen LogP contribution in [0.5, 0.6) is 0 Å². The lowest BCUT2D eigenvalue weighted by atomic mass is 10.1. The van der Waals surface area contributed by atoms with Crippen LogP contribution >= 0.6 is 11.8 Å². The summed E-state index contributed by atoms with van der Waals surface area (Å²) in [7, 11) is 0. The number of thioether (sulfide) groups is 1. The molecule has 2 N–H and O–H groups in total. The molecule has 0 aliphatic carbocycles. The van der Waals surface area contributed by atoms with Gasteiger partial charge in [-0.3, -0.25) is 9.36 Å². The van der Waals surface area contributed by atoms with Crippen molar-refractivity contribution in [3.8, 4) is 11.8 Å². The molecule has 0 spiro atoms. The molecule has 0 atom stereocenters.